The van der Waals surface area contributed by atoms with Crippen LogP contribution in [0.4, 0.5) is 4.79 Å². The number of nitrogens with two attached hydrogens (primary N) is 1. The van der Waals surface area contributed by atoms with Gasteiger partial charge in [-0.2, -0.15) is 18.6 Å². The Kier molecular flexibility index (Phi) is 5.23. The molecule has 4 amide bonds. The maximum atomic E-state index is 12.8. The van der Waals surface area contributed by atoms with Gasteiger partial charge in [-0.3, -0.25) is 18.8 Å². The molecule has 4 rings (SSSR count). The molecule has 4 atom stereocenters. The maximum absolute atomic E-state index is 12.8. The highest BCUT2D eigenvalue weighted by molar-refractivity contribution is 7.80. The van der Waals surface area contributed by atoms with Gasteiger partial charge in [-0.05, 0) is 25.3 Å². The van der Waals surface area contributed by atoms with Gasteiger partial charge in [0.1, 0.15) is 6.04 Å². The highest BCUT2D eigenvalue weighted by Gasteiger charge is 2.50. The molecule has 14 nitrogen and oxygen atoms in total. The molecular formula is C15H21N7O7S. The molecule has 3 aliphatic rings. The number of amides is 4. The van der Waals surface area contributed by atoms with Crippen LogP contribution in [-0.2, 0) is 24.3 Å². The van der Waals surface area contributed by atoms with Crippen LogP contribution in [0.3, 0.4) is 0 Å². The fraction of sp³-hybridized carbons (Fsp3) is 0.600. The van der Waals surface area contributed by atoms with Crippen molar-refractivity contribution in [1.29, 1.82) is 0 Å². The number of hydrogen-bond donors (Lipinski definition) is 3. The van der Waals surface area contributed by atoms with Gasteiger partial charge in [-0.25, -0.2) is 15.6 Å². The molecule has 30 heavy (non-hydrogen) atoms. The first-order valence-corrected chi connectivity index (χ1v) is 10.6. The Hall–Kier alpha value is -2.59. The third-order valence-corrected chi connectivity index (χ3v) is 5.91. The summed E-state index contributed by atoms with van der Waals surface area (Å²) in [6.45, 7) is 0.494. The summed E-state index contributed by atoms with van der Waals surface area (Å²) in [7, 11) is -4.89. The highest BCUT2D eigenvalue weighted by atomic mass is 32.3. The van der Waals surface area contributed by atoms with Gasteiger partial charge in [0.15, 0.2) is 0 Å². The van der Waals surface area contributed by atoms with Gasteiger partial charge in [0, 0.05) is 25.5 Å². The zero-order valence-electron chi connectivity index (χ0n) is 15.7. The summed E-state index contributed by atoms with van der Waals surface area (Å²) in [6, 6.07) is -1.55. The smallest absolute Gasteiger partial charge is 0.309 e. The van der Waals surface area contributed by atoms with E-state index in [0.717, 1.165) is 4.90 Å². The van der Waals surface area contributed by atoms with Gasteiger partial charge in [-0.15, -0.1) is 4.28 Å². The molecule has 2 bridgehead atoms. The zero-order chi connectivity index (χ0) is 21.6. The van der Waals surface area contributed by atoms with Gasteiger partial charge in [-0.1, -0.05) is 0 Å². The van der Waals surface area contributed by atoms with E-state index in [-0.39, 0.29) is 25.4 Å². The van der Waals surface area contributed by atoms with E-state index in [1.54, 1.807) is 23.1 Å². The van der Waals surface area contributed by atoms with Gasteiger partial charge in [0.05, 0.1) is 18.1 Å². The fourth-order valence-corrected chi connectivity index (χ4v) is 4.52. The molecule has 164 valence electrons. The Morgan fingerprint density at radius 2 is 2.07 bits per heavy atom. The lowest BCUT2D eigenvalue weighted by Crippen LogP contribution is -2.58. The van der Waals surface area contributed by atoms with E-state index in [4.69, 9.17) is 10.4 Å². The van der Waals surface area contributed by atoms with E-state index in [1.165, 1.54) is 0 Å². The number of nitrogens with one attached hydrogen (secondary N) is 1. The van der Waals surface area contributed by atoms with E-state index in [2.05, 4.69) is 14.7 Å². The Morgan fingerprint density at radius 3 is 2.73 bits per heavy atom. The summed E-state index contributed by atoms with van der Waals surface area (Å²) in [5, 5.41) is 8.20. The molecule has 0 spiro atoms. The molecule has 0 aromatic carbocycles. The number of rotatable bonds is 5. The van der Waals surface area contributed by atoms with Crippen molar-refractivity contribution in [2.75, 3.05) is 13.1 Å². The second-order valence-corrected chi connectivity index (χ2v) is 8.40. The first kappa shape index (κ1) is 20.7. The molecule has 3 aliphatic heterocycles. The van der Waals surface area contributed by atoms with Crippen LogP contribution in [-0.4, -0.2) is 86.8 Å². The zero-order valence-corrected chi connectivity index (χ0v) is 16.5. The van der Waals surface area contributed by atoms with Crippen LogP contribution in [0.5, 0.6) is 0 Å². The standard InChI is InChI=1S/C15H21N7O7S/c16-21(13(23)11-6-10(7-17-11)20-5-1-4-18-20)14(24)12-3-2-9-8-19(12)15(25)22(9)29-30(26,27)28/h1,4-5,9-12,17H,2-3,6-8,16H2,(H,26,27,28). The lowest BCUT2D eigenvalue weighted by Gasteiger charge is -2.31. The van der Waals surface area contributed by atoms with Gasteiger partial charge in [0.2, 0.25) is 0 Å². The van der Waals surface area contributed by atoms with Crippen LogP contribution in [0, 0.1) is 0 Å². The van der Waals surface area contributed by atoms with E-state index in [9.17, 15) is 22.8 Å². The summed E-state index contributed by atoms with van der Waals surface area (Å²) in [5.41, 5.74) is 0. The summed E-state index contributed by atoms with van der Waals surface area (Å²) in [4.78, 5) is 39.1. The lowest BCUT2D eigenvalue weighted by molar-refractivity contribution is -0.149. The van der Waals surface area contributed by atoms with Crippen LogP contribution >= 0.6 is 0 Å². The number of carbonyl (C=O) groups is 3. The van der Waals surface area contributed by atoms with Crippen molar-refractivity contribution < 1.29 is 31.6 Å². The molecule has 3 fully saturated rings. The van der Waals surface area contributed by atoms with Gasteiger partial charge < -0.3 is 10.2 Å². The number of hydrazine groups is 1. The van der Waals surface area contributed by atoms with Crippen molar-refractivity contribution in [3.05, 3.63) is 18.5 Å². The number of fused-ring (bicyclic) bond motifs is 2. The summed E-state index contributed by atoms with van der Waals surface area (Å²) < 4.78 is 36.8. The van der Waals surface area contributed by atoms with Crippen LogP contribution in [0.25, 0.3) is 0 Å². The number of carbonyl (C=O) groups excluding carboxylic acids is 3. The largest absolute Gasteiger partial charge is 0.418 e. The SMILES string of the molecule is NN(C(=O)C1CC(n2cccn2)CN1)C(=O)C1CCC2CN1C(=O)N2OS(=O)(=O)O. The molecule has 4 heterocycles. The van der Waals surface area contributed by atoms with E-state index in [0.29, 0.717) is 23.0 Å². The Bertz CT molecular complexity index is 953. The average Bonchev–Trinajstić information content (AvgIpc) is 3.43. The normalized spacial score (nSPS) is 28.8. The maximum Gasteiger partial charge on any atom is 0.418 e. The topological polar surface area (TPSA) is 180 Å². The predicted molar refractivity (Wildman–Crippen MR) is 97.1 cm³/mol. The summed E-state index contributed by atoms with van der Waals surface area (Å²) >= 11 is 0. The molecular weight excluding hydrogens is 422 g/mol. The number of nitrogens with zero attached hydrogens (tertiary/aromatic N) is 5. The van der Waals surface area contributed by atoms with E-state index < -0.39 is 46.4 Å². The minimum absolute atomic E-state index is 0.00976. The average molecular weight is 443 g/mol. The fourth-order valence-electron chi connectivity index (χ4n) is 4.13. The summed E-state index contributed by atoms with van der Waals surface area (Å²) in [5.74, 6) is 4.40. The molecule has 4 N–H and O–H groups in total. The van der Waals surface area contributed by atoms with E-state index >= 15 is 0 Å². The Balaban J connectivity index is 1.41. The first-order chi connectivity index (χ1) is 14.2. The monoisotopic (exact) mass is 443 g/mol. The third-order valence-electron chi connectivity index (χ3n) is 5.56. The number of hydrogen-bond acceptors (Lipinski definition) is 9. The van der Waals surface area contributed by atoms with Crippen molar-refractivity contribution in [3.63, 3.8) is 0 Å². The molecule has 0 saturated carbocycles. The van der Waals surface area contributed by atoms with Crippen LogP contribution in [0.1, 0.15) is 25.3 Å². The van der Waals surface area contributed by atoms with Crippen molar-refractivity contribution in [2.24, 2.45) is 5.84 Å². The van der Waals surface area contributed by atoms with Gasteiger partial charge >= 0.3 is 16.4 Å². The van der Waals surface area contributed by atoms with Crippen molar-refractivity contribution in [1.82, 2.24) is 30.1 Å². The molecule has 1 aromatic heterocycles. The molecule has 4 unspecified atom stereocenters. The molecule has 3 saturated heterocycles. The minimum atomic E-state index is -4.89. The predicted octanol–water partition coefficient (Wildman–Crippen LogP) is -1.98. The first-order valence-electron chi connectivity index (χ1n) is 9.27. The number of aromatic nitrogens is 2. The van der Waals surface area contributed by atoms with Gasteiger partial charge in [0.25, 0.3) is 11.8 Å². The van der Waals surface area contributed by atoms with Crippen LogP contribution in [0.15, 0.2) is 18.5 Å². The molecule has 15 heteroatoms. The minimum Gasteiger partial charge on any atom is -0.309 e. The number of piperidine rings is 1. The number of urea groups is 1. The Morgan fingerprint density at radius 1 is 1.30 bits per heavy atom. The second kappa shape index (κ2) is 7.59. The number of imide groups is 1. The second-order valence-electron chi connectivity index (χ2n) is 7.39. The Labute approximate surface area is 171 Å². The summed E-state index contributed by atoms with van der Waals surface area (Å²) in [6.07, 6.45) is 4.20. The number of hydroxylamine groups is 2. The van der Waals surface area contributed by atoms with Crippen molar-refractivity contribution in [2.45, 2.75) is 43.4 Å². The van der Waals surface area contributed by atoms with Crippen LogP contribution < -0.4 is 11.2 Å². The van der Waals surface area contributed by atoms with Crippen LogP contribution in [0.2, 0.25) is 0 Å². The quantitative estimate of drug-likeness (QED) is 0.152. The molecule has 1 aromatic rings. The van der Waals surface area contributed by atoms with Crippen molar-refractivity contribution >= 4 is 28.2 Å². The molecule has 0 aliphatic carbocycles. The lowest BCUT2D eigenvalue weighted by atomic mass is 10.00. The molecule has 0 radical (unpaired) electrons. The third kappa shape index (κ3) is 3.77. The highest BCUT2D eigenvalue weighted by Crippen LogP contribution is 2.31. The van der Waals surface area contributed by atoms with E-state index in [1.807, 2.05) is 0 Å². The van der Waals surface area contributed by atoms with Crippen molar-refractivity contribution in [3.8, 4) is 0 Å².